The van der Waals surface area contributed by atoms with E-state index in [4.69, 9.17) is 4.74 Å². The van der Waals surface area contributed by atoms with Crippen molar-refractivity contribution < 1.29 is 4.74 Å². The number of benzene rings is 3. The van der Waals surface area contributed by atoms with E-state index in [-0.39, 0.29) is 0 Å². The molecular formula is C19H16O. The van der Waals surface area contributed by atoms with E-state index in [0.29, 0.717) is 0 Å². The largest absolute Gasteiger partial charge is 0.496 e. The highest BCUT2D eigenvalue weighted by molar-refractivity contribution is 5.90. The second-order valence-electron chi connectivity index (χ2n) is 5.42. The molecule has 1 aliphatic rings. The average Bonchev–Trinajstić information content (AvgIpc) is 2.50. The summed E-state index contributed by atoms with van der Waals surface area (Å²) >= 11 is 0. The first-order valence-corrected chi connectivity index (χ1v) is 7.00. The van der Waals surface area contributed by atoms with Gasteiger partial charge in [0.15, 0.2) is 0 Å². The Kier molecular flexibility index (Phi) is 2.53. The number of hydrogen-bond donors (Lipinski definition) is 0. The normalized spacial score (nSPS) is 12.8. The van der Waals surface area contributed by atoms with Gasteiger partial charge in [0.2, 0.25) is 0 Å². The van der Waals surface area contributed by atoms with Crippen LogP contribution in [0.1, 0.15) is 22.3 Å². The van der Waals surface area contributed by atoms with Crippen LogP contribution in [0.15, 0.2) is 54.6 Å². The fraction of sp³-hybridized carbons (Fsp3) is 0.158. The molecule has 0 unspecified atom stereocenters. The Morgan fingerprint density at radius 2 is 1.45 bits per heavy atom. The van der Waals surface area contributed by atoms with Crippen molar-refractivity contribution in [2.75, 3.05) is 7.11 Å². The smallest absolute Gasteiger partial charge is 0.126 e. The van der Waals surface area contributed by atoms with Crippen molar-refractivity contribution in [1.82, 2.24) is 0 Å². The van der Waals surface area contributed by atoms with Gasteiger partial charge in [-0.05, 0) is 52.6 Å². The van der Waals surface area contributed by atoms with Crippen molar-refractivity contribution in [1.29, 1.82) is 0 Å². The predicted molar refractivity (Wildman–Crippen MR) is 82.6 cm³/mol. The second-order valence-corrected chi connectivity index (χ2v) is 5.42. The summed E-state index contributed by atoms with van der Waals surface area (Å²) < 4.78 is 5.49. The van der Waals surface area contributed by atoms with Gasteiger partial charge in [-0.1, -0.05) is 42.5 Å². The molecule has 0 radical (unpaired) electrons. The highest BCUT2D eigenvalue weighted by Gasteiger charge is 2.16. The van der Waals surface area contributed by atoms with Crippen LogP contribution in [0.25, 0.3) is 10.8 Å². The van der Waals surface area contributed by atoms with Gasteiger partial charge in [0.25, 0.3) is 0 Å². The highest BCUT2D eigenvalue weighted by atomic mass is 16.5. The Hall–Kier alpha value is -2.28. The summed E-state index contributed by atoms with van der Waals surface area (Å²) in [6.07, 6.45) is 2.07. The molecule has 0 aliphatic heterocycles. The minimum absolute atomic E-state index is 0.962. The third-order valence-electron chi connectivity index (χ3n) is 4.26. The van der Waals surface area contributed by atoms with Crippen molar-refractivity contribution in [3.63, 3.8) is 0 Å². The number of ether oxygens (including phenoxy) is 1. The third-order valence-corrected chi connectivity index (χ3v) is 4.26. The van der Waals surface area contributed by atoms with Crippen LogP contribution in [0.2, 0.25) is 0 Å². The topological polar surface area (TPSA) is 9.23 Å². The maximum atomic E-state index is 5.49. The number of methoxy groups -OCH3 is 1. The van der Waals surface area contributed by atoms with E-state index in [0.717, 1.165) is 18.6 Å². The van der Waals surface area contributed by atoms with Crippen molar-refractivity contribution in [2.24, 2.45) is 0 Å². The molecule has 3 aromatic carbocycles. The number of fused-ring (bicyclic) bond motifs is 3. The minimum atomic E-state index is 0.962. The molecule has 1 aliphatic carbocycles. The molecule has 1 nitrogen and oxygen atoms in total. The van der Waals surface area contributed by atoms with Crippen molar-refractivity contribution in [3.05, 3.63) is 76.9 Å². The van der Waals surface area contributed by atoms with Crippen LogP contribution in [0.4, 0.5) is 0 Å². The molecule has 98 valence electrons. The van der Waals surface area contributed by atoms with Gasteiger partial charge in [0.1, 0.15) is 5.75 Å². The minimum Gasteiger partial charge on any atom is -0.496 e. The lowest BCUT2D eigenvalue weighted by atomic mass is 9.84. The lowest BCUT2D eigenvalue weighted by Gasteiger charge is -2.20. The fourth-order valence-corrected chi connectivity index (χ4v) is 3.21. The average molecular weight is 260 g/mol. The second kappa shape index (κ2) is 4.38. The number of hydrogen-bond acceptors (Lipinski definition) is 1. The molecule has 0 N–H and O–H groups in total. The van der Waals surface area contributed by atoms with Gasteiger partial charge in [-0.3, -0.25) is 0 Å². The first kappa shape index (κ1) is 11.5. The van der Waals surface area contributed by atoms with E-state index in [2.05, 4.69) is 48.5 Å². The molecule has 0 amide bonds. The molecule has 0 aromatic heterocycles. The van der Waals surface area contributed by atoms with Crippen LogP contribution in [0, 0.1) is 0 Å². The highest BCUT2D eigenvalue weighted by Crippen LogP contribution is 2.33. The van der Waals surface area contributed by atoms with E-state index in [9.17, 15) is 0 Å². The van der Waals surface area contributed by atoms with Crippen molar-refractivity contribution >= 4 is 10.8 Å². The van der Waals surface area contributed by atoms with Crippen LogP contribution in [0.5, 0.6) is 5.75 Å². The monoisotopic (exact) mass is 260 g/mol. The molecule has 4 rings (SSSR count). The van der Waals surface area contributed by atoms with E-state index in [1.54, 1.807) is 7.11 Å². The van der Waals surface area contributed by atoms with Gasteiger partial charge in [0, 0.05) is 5.39 Å². The van der Waals surface area contributed by atoms with Crippen LogP contribution < -0.4 is 4.74 Å². The molecule has 0 fully saturated rings. The molecular weight excluding hydrogens is 244 g/mol. The Labute approximate surface area is 118 Å². The molecule has 0 spiro atoms. The maximum absolute atomic E-state index is 5.49. The van der Waals surface area contributed by atoms with Crippen LogP contribution in [-0.4, -0.2) is 7.11 Å². The van der Waals surface area contributed by atoms with Gasteiger partial charge in [-0.25, -0.2) is 0 Å². The standard InChI is InChI=1S/C19H16O/c1-20-19-8-4-7-15-11-16-9-13-5-2-3-6-14(13)10-17(16)12-18(15)19/h2-8,11-12H,9-10H2,1H3. The molecule has 0 heterocycles. The SMILES string of the molecule is COc1cccc2cc3c(cc12)Cc1ccccc1C3. The Morgan fingerprint density at radius 3 is 2.15 bits per heavy atom. The van der Waals surface area contributed by atoms with Crippen LogP contribution in [-0.2, 0) is 12.8 Å². The van der Waals surface area contributed by atoms with E-state index in [1.165, 1.54) is 33.0 Å². The van der Waals surface area contributed by atoms with Gasteiger partial charge < -0.3 is 4.74 Å². The van der Waals surface area contributed by atoms with E-state index >= 15 is 0 Å². The summed E-state index contributed by atoms with van der Waals surface area (Å²) in [4.78, 5) is 0. The zero-order valence-electron chi connectivity index (χ0n) is 11.5. The number of rotatable bonds is 1. The van der Waals surface area contributed by atoms with Gasteiger partial charge in [0.05, 0.1) is 7.11 Å². The van der Waals surface area contributed by atoms with Crippen LogP contribution in [0.3, 0.4) is 0 Å². The summed E-state index contributed by atoms with van der Waals surface area (Å²) in [6, 6.07) is 19.6. The summed E-state index contributed by atoms with van der Waals surface area (Å²) in [5.74, 6) is 0.962. The lowest BCUT2D eigenvalue weighted by Crippen LogP contribution is -2.07. The Balaban J connectivity index is 1.92. The van der Waals surface area contributed by atoms with Gasteiger partial charge in [-0.15, -0.1) is 0 Å². The summed E-state index contributed by atoms with van der Waals surface area (Å²) in [5, 5.41) is 2.48. The maximum Gasteiger partial charge on any atom is 0.126 e. The zero-order valence-corrected chi connectivity index (χ0v) is 11.5. The van der Waals surface area contributed by atoms with Crippen LogP contribution >= 0.6 is 0 Å². The molecule has 0 saturated carbocycles. The quantitative estimate of drug-likeness (QED) is 0.494. The summed E-state index contributed by atoms with van der Waals surface area (Å²) in [7, 11) is 1.74. The molecule has 1 heteroatoms. The zero-order chi connectivity index (χ0) is 13.5. The third kappa shape index (κ3) is 1.70. The Morgan fingerprint density at radius 1 is 0.750 bits per heavy atom. The van der Waals surface area contributed by atoms with Gasteiger partial charge in [-0.2, -0.15) is 0 Å². The predicted octanol–water partition coefficient (Wildman–Crippen LogP) is 4.34. The molecule has 3 aromatic rings. The molecule has 0 atom stereocenters. The van der Waals surface area contributed by atoms with E-state index < -0.39 is 0 Å². The van der Waals surface area contributed by atoms with Crippen molar-refractivity contribution in [3.8, 4) is 5.75 Å². The summed E-state index contributed by atoms with van der Waals surface area (Å²) in [6.45, 7) is 0. The Bertz CT molecular complexity index is 802. The molecule has 0 bridgehead atoms. The fourth-order valence-electron chi connectivity index (χ4n) is 3.21. The molecule has 20 heavy (non-hydrogen) atoms. The van der Waals surface area contributed by atoms with Crippen molar-refractivity contribution in [2.45, 2.75) is 12.8 Å². The first-order valence-electron chi connectivity index (χ1n) is 7.00. The lowest BCUT2D eigenvalue weighted by molar-refractivity contribution is 0.420. The van der Waals surface area contributed by atoms with Gasteiger partial charge >= 0.3 is 0 Å². The first-order chi connectivity index (χ1) is 9.85. The summed E-state index contributed by atoms with van der Waals surface area (Å²) in [5.41, 5.74) is 5.79. The molecule has 0 saturated heterocycles. The van der Waals surface area contributed by atoms with E-state index in [1.807, 2.05) is 6.07 Å².